The summed E-state index contributed by atoms with van der Waals surface area (Å²) in [6, 6.07) is 2.44. The van der Waals surface area contributed by atoms with Crippen LogP contribution in [0.25, 0.3) is 0 Å². The zero-order valence-corrected chi connectivity index (χ0v) is 11.1. The summed E-state index contributed by atoms with van der Waals surface area (Å²) < 4.78 is 0. The summed E-state index contributed by atoms with van der Waals surface area (Å²) >= 11 is 1.70. The second-order valence-corrected chi connectivity index (χ2v) is 5.63. The number of nitrogens with two attached hydrogens (primary N) is 1. The molecular formula is C13H20N2OS. The maximum atomic E-state index is 12.2. The average molecular weight is 252 g/mol. The fourth-order valence-corrected chi connectivity index (χ4v) is 3.08. The number of carbonyl (C=O) groups excluding carboxylic acids is 1. The number of thiophene rings is 1. The number of rotatable bonds is 4. The number of hydrogen-bond acceptors (Lipinski definition) is 3. The molecule has 17 heavy (non-hydrogen) atoms. The summed E-state index contributed by atoms with van der Waals surface area (Å²) in [5.41, 5.74) is 6.87. The maximum Gasteiger partial charge on any atom is 0.223 e. The first-order chi connectivity index (χ1) is 8.22. The Morgan fingerprint density at radius 1 is 1.71 bits per heavy atom. The molecule has 2 rings (SSSR count). The van der Waals surface area contributed by atoms with E-state index < -0.39 is 0 Å². The Bertz CT molecular complexity index is 364. The molecule has 4 heteroatoms. The Kier molecular flexibility index (Phi) is 4.18. The van der Waals surface area contributed by atoms with Crippen molar-refractivity contribution in [1.82, 2.24) is 4.90 Å². The minimum Gasteiger partial charge on any atom is -0.336 e. The molecule has 1 aliphatic heterocycles. The van der Waals surface area contributed by atoms with Crippen molar-refractivity contribution >= 4 is 17.2 Å². The van der Waals surface area contributed by atoms with E-state index in [9.17, 15) is 4.79 Å². The van der Waals surface area contributed by atoms with Crippen molar-refractivity contribution in [2.24, 2.45) is 11.7 Å². The minimum atomic E-state index is 0.261. The van der Waals surface area contributed by atoms with Crippen LogP contribution < -0.4 is 5.73 Å². The lowest BCUT2D eigenvalue weighted by Gasteiger charge is -2.25. The van der Waals surface area contributed by atoms with Crippen LogP contribution in [0.4, 0.5) is 0 Å². The second-order valence-electron chi connectivity index (χ2n) is 4.85. The largest absolute Gasteiger partial charge is 0.336 e. The van der Waals surface area contributed by atoms with E-state index in [4.69, 9.17) is 5.73 Å². The molecule has 1 fully saturated rings. The Hall–Kier alpha value is -0.870. The van der Waals surface area contributed by atoms with Gasteiger partial charge in [-0.3, -0.25) is 4.79 Å². The van der Waals surface area contributed by atoms with E-state index in [0.717, 1.165) is 19.4 Å². The third-order valence-corrected chi connectivity index (χ3v) is 4.13. The highest BCUT2D eigenvalue weighted by Gasteiger charge is 2.30. The summed E-state index contributed by atoms with van der Waals surface area (Å²) in [7, 11) is 0. The zero-order valence-electron chi connectivity index (χ0n) is 10.3. The fraction of sp³-hybridized carbons (Fsp3) is 0.615. The second kappa shape index (κ2) is 5.65. The molecule has 94 valence electrons. The number of hydrogen-bond donors (Lipinski definition) is 1. The molecule has 2 unspecified atom stereocenters. The van der Waals surface area contributed by atoms with Gasteiger partial charge >= 0.3 is 0 Å². The van der Waals surface area contributed by atoms with Gasteiger partial charge in [0.05, 0.1) is 6.04 Å². The van der Waals surface area contributed by atoms with Crippen LogP contribution in [0.5, 0.6) is 0 Å². The van der Waals surface area contributed by atoms with Crippen LogP contribution in [-0.4, -0.2) is 23.9 Å². The van der Waals surface area contributed by atoms with Crippen molar-refractivity contribution in [2.45, 2.75) is 32.2 Å². The van der Waals surface area contributed by atoms with Gasteiger partial charge in [-0.15, -0.1) is 0 Å². The molecule has 0 saturated carbocycles. The van der Waals surface area contributed by atoms with Crippen LogP contribution in [0, 0.1) is 5.92 Å². The molecule has 1 amide bonds. The lowest BCUT2D eigenvalue weighted by Crippen LogP contribution is -2.32. The van der Waals surface area contributed by atoms with Crippen molar-refractivity contribution in [3.05, 3.63) is 22.4 Å². The molecule has 1 aromatic rings. The Morgan fingerprint density at radius 3 is 3.18 bits per heavy atom. The summed E-state index contributed by atoms with van der Waals surface area (Å²) in [5.74, 6) is 0.544. The van der Waals surface area contributed by atoms with Crippen LogP contribution in [0.3, 0.4) is 0 Å². The highest BCUT2D eigenvalue weighted by molar-refractivity contribution is 7.07. The van der Waals surface area contributed by atoms with E-state index in [1.165, 1.54) is 5.56 Å². The van der Waals surface area contributed by atoms with Gasteiger partial charge < -0.3 is 10.6 Å². The van der Waals surface area contributed by atoms with Gasteiger partial charge in [-0.1, -0.05) is 6.92 Å². The summed E-state index contributed by atoms with van der Waals surface area (Å²) in [6.07, 6.45) is 2.79. The maximum absolute atomic E-state index is 12.2. The first-order valence-electron chi connectivity index (χ1n) is 6.24. The highest BCUT2D eigenvalue weighted by Crippen LogP contribution is 2.33. The SMILES string of the molecule is CC(CN)CC(=O)N1CCCC1c1ccsc1. The van der Waals surface area contributed by atoms with Crippen LogP contribution in [-0.2, 0) is 4.79 Å². The Labute approximate surface area is 107 Å². The zero-order chi connectivity index (χ0) is 12.3. The van der Waals surface area contributed by atoms with Gasteiger partial charge in [-0.2, -0.15) is 11.3 Å². The van der Waals surface area contributed by atoms with Crippen molar-refractivity contribution in [2.75, 3.05) is 13.1 Å². The van der Waals surface area contributed by atoms with Crippen molar-refractivity contribution in [3.63, 3.8) is 0 Å². The molecule has 0 radical (unpaired) electrons. The van der Waals surface area contributed by atoms with E-state index in [1.54, 1.807) is 11.3 Å². The van der Waals surface area contributed by atoms with E-state index in [-0.39, 0.29) is 11.8 Å². The van der Waals surface area contributed by atoms with Crippen LogP contribution in [0.15, 0.2) is 16.8 Å². The smallest absolute Gasteiger partial charge is 0.223 e. The van der Waals surface area contributed by atoms with Gasteiger partial charge in [0.1, 0.15) is 0 Å². The van der Waals surface area contributed by atoms with Gasteiger partial charge in [0.15, 0.2) is 0 Å². The average Bonchev–Trinajstić information content (AvgIpc) is 2.98. The van der Waals surface area contributed by atoms with Crippen molar-refractivity contribution in [1.29, 1.82) is 0 Å². The number of amides is 1. The summed E-state index contributed by atoms with van der Waals surface area (Å²) in [5, 5.41) is 4.24. The van der Waals surface area contributed by atoms with Crippen molar-refractivity contribution in [3.8, 4) is 0 Å². The number of carbonyl (C=O) groups is 1. The highest BCUT2D eigenvalue weighted by atomic mass is 32.1. The topological polar surface area (TPSA) is 46.3 Å². The standard InChI is InChI=1S/C13H20N2OS/c1-10(8-14)7-13(16)15-5-2-3-12(15)11-4-6-17-9-11/h4,6,9-10,12H,2-3,5,7-8,14H2,1H3. The van der Waals surface area contributed by atoms with Gasteiger partial charge in [0.2, 0.25) is 5.91 Å². The van der Waals surface area contributed by atoms with E-state index in [0.29, 0.717) is 19.0 Å². The molecule has 2 N–H and O–H groups in total. The number of nitrogens with zero attached hydrogens (tertiary/aromatic N) is 1. The first kappa shape index (κ1) is 12.6. The molecule has 3 nitrogen and oxygen atoms in total. The first-order valence-corrected chi connectivity index (χ1v) is 7.18. The van der Waals surface area contributed by atoms with E-state index in [2.05, 4.69) is 16.8 Å². The third kappa shape index (κ3) is 2.87. The minimum absolute atomic E-state index is 0.261. The van der Waals surface area contributed by atoms with E-state index >= 15 is 0 Å². The molecule has 0 spiro atoms. The normalized spacial score (nSPS) is 21.8. The molecule has 0 bridgehead atoms. The molecule has 0 aliphatic carbocycles. The Morgan fingerprint density at radius 2 is 2.53 bits per heavy atom. The lowest BCUT2D eigenvalue weighted by atomic mass is 10.1. The summed E-state index contributed by atoms with van der Waals surface area (Å²) in [6.45, 7) is 3.52. The van der Waals surface area contributed by atoms with E-state index in [1.807, 2.05) is 11.8 Å². The predicted molar refractivity (Wildman–Crippen MR) is 70.8 cm³/mol. The van der Waals surface area contributed by atoms with Crippen LogP contribution >= 0.6 is 11.3 Å². The van der Waals surface area contributed by atoms with Gasteiger partial charge in [-0.25, -0.2) is 0 Å². The molecule has 1 aliphatic rings. The fourth-order valence-electron chi connectivity index (χ4n) is 2.38. The number of likely N-dealkylation sites (tertiary alicyclic amines) is 1. The quantitative estimate of drug-likeness (QED) is 0.894. The van der Waals surface area contributed by atoms with Gasteiger partial charge in [-0.05, 0) is 47.7 Å². The lowest BCUT2D eigenvalue weighted by molar-refractivity contribution is -0.133. The monoisotopic (exact) mass is 252 g/mol. The van der Waals surface area contributed by atoms with Crippen LogP contribution in [0.1, 0.15) is 37.8 Å². The molecule has 1 saturated heterocycles. The van der Waals surface area contributed by atoms with Crippen molar-refractivity contribution < 1.29 is 4.79 Å². The molecule has 0 aromatic carbocycles. The van der Waals surface area contributed by atoms with Gasteiger partial charge in [0.25, 0.3) is 0 Å². The molecular weight excluding hydrogens is 232 g/mol. The van der Waals surface area contributed by atoms with Gasteiger partial charge in [0, 0.05) is 13.0 Å². The molecule has 2 atom stereocenters. The molecule has 1 aromatic heterocycles. The predicted octanol–water partition coefficient (Wildman–Crippen LogP) is 2.40. The third-order valence-electron chi connectivity index (χ3n) is 3.43. The molecule has 2 heterocycles. The summed E-state index contributed by atoms with van der Waals surface area (Å²) in [4.78, 5) is 14.2. The van der Waals surface area contributed by atoms with Crippen LogP contribution in [0.2, 0.25) is 0 Å². The Balaban J connectivity index is 2.02.